The number of aryl methyl sites for hydroxylation is 1. The number of hydrogen-bond acceptors (Lipinski definition) is 5. The Morgan fingerprint density at radius 1 is 1.23 bits per heavy atom. The van der Waals surface area contributed by atoms with Crippen molar-refractivity contribution in [3.05, 3.63) is 41.7 Å². The first kappa shape index (κ1) is 15.6. The molecule has 2 rings (SSSR count). The van der Waals surface area contributed by atoms with E-state index in [4.69, 9.17) is 4.52 Å². The Kier molecular flexibility index (Phi) is 4.77. The number of rotatable bonds is 5. The minimum atomic E-state index is -0.369. The molecule has 0 spiro atoms. The molecule has 2 N–H and O–H groups in total. The molecular weight excluding hydrogens is 284 g/mol. The van der Waals surface area contributed by atoms with Crippen molar-refractivity contribution in [1.29, 1.82) is 0 Å². The lowest BCUT2D eigenvalue weighted by Gasteiger charge is -2.12. The maximum absolute atomic E-state index is 11.9. The molecule has 0 saturated heterocycles. The maximum atomic E-state index is 11.9. The van der Waals surface area contributed by atoms with E-state index in [-0.39, 0.29) is 18.4 Å². The molecule has 1 aromatic carbocycles. The Morgan fingerprint density at radius 3 is 2.45 bits per heavy atom. The van der Waals surface area contributed by atoms with E-state index in [1.807, 2.05) is 31.1 Å². The van der Waals surface area contributed by atoms with Crippen molar-refractivity contribution in [2.75, 3.05) is 30.9 Å². The van der Waals surface area contributed by atoms with Crippen molar-refractivity contribution in [2.24, 2.45) is 0 Å². The highest BCUT2D eigenvalue weighted by atomic mass is 16.5. The molecule has 1 aromatic heterocycles. The third-order valence-corrected chi connectivity index (χ3v) is 2.95. The van der Waals surface area contributed by atoms with Crippen LogP contribution in [0.5, 0.6) is 0 Å². The minimum Gasteiger partial charge on any atom is -0.378 e. The average Bonchev–Trinajstić information content (AvgIpc) is 2.90. The monoisotopic (exact) mass is 302 g/mol. The smallest absolute Gasteiger partial charge is 0.251 e. The fraction of sp³-hybridized carbons (Fsp3) is 0.267. The van der Waals surface area contributed by atoms with Gasteiger partial charge in [0.05, 0.1) is 6.54 Å². The van der Waals surface area contributed by atoms with Crippen molar-refractivity contribution in [3.63, 3.8) is 0 Å². The van der Waals surface area contributed by atoms with Crippen LogP contribution in [0.1, 0.15) is 16.1 Å². The van der Waals surface area contributed by atoms with Gasteiger partial charge in [0.15, 0.2) is 5.82 Å². The summed E-state index contributed by atoms with van der Waals surface area (Å²) in [6, 6.07) is 8.70. The molecule has 0 aliphatic heterocycles. The fourth-order valence-electron chi connectivity index (χ4n) is 1.79. The first-order valence-electron chi connectivity index (χ1n) is 6.74. The Balaban J connectivity index is 1.85. The number of nitrogens with zero attached hydrogens (tertiary/aromatic N) is 2. The molecule has 1 heterocycles. The molecule has 0 fully saturated rings. The highest BCUT2D eigenvalue weighted by Gasteiger charge is 2.10. The highest BCUT2D eigenvalue weighted by molar-refractivity contribution is 5.99. The lowest BCUT2D eigenvalue weighted by molar-refractivity contribution is -0.115. The van der Waals surface area contributed by atoms with Gasteiger partial charge in [-0.25, -0.2) is 0 Å². The minimum absolute atomic E-state index is 0.139. The number of carbonyl (C=O) groups is 2. The van der Waals surface area contributed by atoms with Crippen molar-refractivity contribution >= 4 is 23.3 Å². The van der Waals surface area contributed by atoms with Crippen LogP contribution in [0, 0.1) is 6.92 Å². The van der Waals surface area contributed by atoms with E-state index in [1.54, 1.807) is 25.1 Å². The molecule has 0 bridgehead atoms. The molecular formula is C15H18N4O3. The summed E-state index contributed by atoms with van der Waals surface area (Å²) in [6.07, 6.45) is 0. The average molecular weight is 302 g/mol. The molecule has 2 amide bonds. The predicted octanol–water partition coefficient (Wildman–Crippen LogP) is 1.42. The molecule has 0 atom stereocenters. The van der Waals surface area contributed by atoms with Crippen LogP contribution in [-0.2, 0) is 4.79 Å². The van der Waals surface area contributed by atoms with Crippen LogP contribution in [0.15, 0.2) is 34.9 Å². The van der Waals surface area contributed by atoms with Crippen LogP contribution in [0.4, 0.5) is 11.5 Å². The second-order valence-electron chi connectivity index (χ2n) is 4.99. The van der Waals surface area contributed by atoms with Gasteiger partial charge in [0.1, 0.15) is 5.76 Å². The summed E-state index contributed by atoms with van der Waals surface area (Å²) in [6.45, 7) is 1.59. The van der Waals surface area contributed by atoms with E-state index in [2.05, 4.69) is 15.8 Å². The van der Waals surface area contributed by atoms with Gasteiger partial charge in [0.25, 0.3) is 5.91 Å². The van der Waals surface area contributed by atoms with E-state index in [0.29, 0.717) is 17.1 Å². The van der Waals surface area contributed by atoms with Gasteiger partial charge in [-0.3, -0.25) is 9.59 Å². The number of aromatic nitrogens is 1. The molecule has 0 unspecified atom stereocenters. The summed E-state index contributed by atoms with van der Waals surface area (Å²) in [5, 5.41) is 8.72. The second-order valence-corrected chi connectivity index (χ2v) is 4.99. The zero-order valence-corrected chi connectivity index (χ0v) is 12.7. The summed E-state index contributed by atoms with van der Waals surface area (Å²) in [5.74, 6) is 0.246. The van der Waals surface area contributed by atoms with Gasteiger partial charge in [0.2, 0.25) is 5.91 Å². The zero-order valence-electron chi connectivity index (χ0n) is 12.7. The molecule has 116 valence electrons. The summed E-state index contributed by atoms with van der Waals surface area (Å²) >= 11 is 0. The number of nitrogens with one attached hydrogen (secondary N) is 2. The predicted molar refractivity (Wildman–Crippen MR) is 83.0 cm³/mol. The number of anilines is 2. The number of hydrogen-bond donors (Lipinski definition) is 2. The van der Waals surface area contributed by atoms with Crippen molar-refractivity contribution in [1.82, 2.24) is 10.5 Å². The molecule has 0 aliphatic rings. The van der Waals surface area contributed by atoms with Crippen LogP contribution in [0.2, 0.25) is 0 Å². The van der Waals surface area contributed by atoms with E-state index in [1.165, 1.54) is 0 Å². The van der Waals surface area contributed by atoms with E-state index in [0.717, 1.165) is 5.69 Å². The van der Waals surface area contributed by atoms with Crippen LogP contribution < -0.4 is 15.5 Å². The largest absolute Gasteiger partial charge is 0.378 e. The summed E-state index contributed by atoms with van der Waals surface area (Å²) in [4.78, 5) is 25.6. The lowest BCUT2D eigenvalue weighted by Crippen LogP contribution is -2.32. The molecule has 22 heavy (non-hydrogen) atoms. The van der Waals surface area contributed by atoms with Crippen LogP contribution >= 0.6 is 0 Å². The summed E-state index contributed by atoms with van der Waals surface area (Å²) in [5.41, 5.74) is 1.49. The number of benzene rings is 1. The van der Waals surface area contributed by atoms with Gasteiger partial charge in [-0.15, -0.1) is 0 Å². The molecule has 0 radical (unpaired) electrons. The van der Waals surface area contributed by atoms with Crippen LogP contribution in [-0.4, -0.2) is 37.6 Å². The summed E-state index contributed by atoms with van der Waals surface area (Å²) in [7, 11) is 3.84. The van der Waals surface area contributed by atoms with Gasteiger partial charge in [0, 0.05) is 31.4 Å². The normalized spacial score (nSPS) is 10.1. The first-order chi connectivity index (χ1) is 10.5. The Morgan fingerprint density at radius 2 is 1.91 bits per heavy atom. The second kappa shape index (κ2) is 6.75. The van der Waals surface area contributed by atoms with Crippen molar-refractivity contribution in [3.8, 4) is 0 Å². The molecule has 0 aliphatic carbocycles. The first-order valence-corrected chi connectivity index (χ1v) is 6.74. The third kappa shape index (κ3) is 4.08. The topological polar surface area (TPSA) is 87.5 Å². The highest BCUT2D eigenvalue weighted by Crippen LogP contribution is 2.12. The van der Waals surface area contributed by atoms with Gasteiger partial charge in [-0.1, -0.05) is 5.16 Å². The van der Waals surface area contributed by atoms with Crippen molar-refractivity contribution in [2.45, 2.75) is 6.92 Å². The Bertz CT molecular complexity index is 662. The molecule has 2 aromatic rings. The number of carbonyl (C=O) groups excluding carboxylic acids is 2. The van der Waals surface area contributed by atoms with E-state index < -0.39 is 0 Å². The van der Waals surface area contributed by atoms with Crippen LogP contribution in [0.3, 0.4) is 0 Å². The lowest BCUT2D eigenvalue weighted by atomic mass is 10.2. The van der Waals surface area contributed by atoms with E-state index >= 15 is 0 Å². The van der Waals surface area contributed by atoms with E-state index in [9.17, 15) is 9.59 Å². The van der Waals surface area contributed by atoms with Gasteiger partial charge in [-0.2, -0.15) is 0 Å². The zero-order chi connectivity index (χ0) is 16.1. The number of amides is 2. The third-order valence-electron chi connectivity index (χ3n) is 2.95. The standard InChI is InChI=1S/C15H18N4O3/c1-10-8-13(18-22-10)17-14(20)9-16-15(21)11-4-6-12(7-5-11)19(2)3/h4-8H,9H2,1-3H3,(H,16,21)(H,17,18,20). The van der Waals surface area contributed by atoms with Gasteiger partial charge >= 0.3 is 0 Å². The maximum Gasteiger partial charge on any atom is 0.251 e. The molecule has 0 saturated carbocycles. The molecule has 7 heteroatoms. The van der Waals surface area contributed by atoms with Crippen molar-refractivity contribution < 1.29 is 14.1 Å². The molecule has 7 nitrogen and oxygen atoms in total. The Hall–Kier alpha value is -2.83. The quantitative estimate of drug-likeness (QED) is 0.872. The van der Waals surface area contributed by atoms with Gasteiger partial charge < -0.3 is 20.1 Å². The summed E-state index contributed by atoms with van der Waals surface area (Å²) < 4.78 is 4.83. The fourth-order valence-corrected chi connectivity index (χ4v) is 1.79. The SMILES string of the molecule is Cc1cc(NC(=O)CNC(=O)c2ccc(N(C)C)cc2)no1. The van der Waals surface area contributed by atoms with Crippen LogP contribution in [0.25, 0.3) is 0 Å². The van der Waals surface area contributed by atoms with Gasteiger partial charge in [-0.05, 0) is 31.2 Å². The Labute approximate surface area is 128 Å².